The zero-order chi connectivity index (χ0) is 41.4. The van der Waals surface area contributed by atoms with Gasteiger partial charge in [-0.25, -0.2) is 0 Å². The molecule has 296 valence electrons. The summed E-state index contributed by atoms with van der Waals surface area (Å²) in [6, 6.07) is 60.3. The molecular formula is C58H45BN2O. The molecular weight excluding hydrogens is 751 g/mol. The first-order chi connectivity index (χ1) is 30.2. The van der Waals surface area contributed by atoms with Gasteiger partial charge in [0.1, 0.15) is 5.58 Å². The van der Waals surface area contributed by atoms with Crippen LogP contribution in [0.3, 0.4) is 0 Å². The second-order valence-electron chi connectivity index (χ2n) is 19.9. The average Bonchev–Trinajstić information content (AvgIpc) is 3.82. The highest BCUT2D eigenvalue weighted by Crippen LogP contribution is 2.64. The summed E-state index contributed by atoms with van der Waals surface area (Å²) >= 11 is 0. The number of hydrogen-bond acceptors (Lipinski definition) is 3. The monoisotopic (exact) mass is 796 g/mol. The Balaban J connectivity index is 1.15. The molecule has 0 atom stereocenters. The molecule has 0 saturated carbocycles. The Hall–Kier alpha value is -6.78. The number of benzene rings is 8. The molecule has 9 aromatic rings. The van der Waals surface area contributed by atoms with Gasteiger partial charge >= 0.3 is 6.85 Å². The third-order valence-corrected chi connectivity index (χ3v) is 15.7. The summed E-state index contributed by atoms with van der Waals surface area (Å²) in [6.07, 6.45) is 2.33. The van der Waals surface area contributed by atoms with Crippen molar-refractivity contribution in [3.8, 4) is 22.3 Å². The molecule has 1 spiro atoms. The second kappa shape index (κ2) is 11.6. The molecule has 4 heteroatoms. The molecule has 5 aliphatic rings. The fourth-order valence-electron chi connectivity index (χ4n) is 12.9. The Morgan fingerprint density at radius 2 is 1.18 bits per heavy atom. The van der Waals surface area contributed by atoms with E-state index in [2.05, 4.69) is 202 Å². The Morgan fingerprint density at radius 3 is 1.97 bits per heavy atom. The summed E-state index contributed by atoms with van der Waals surface area (Å²) in [5.41, 5.74) is 25.0. The van der Waals surface area contributed by atoms with Crippen LogP contribution in [0.2, 0.25) is 0 Å². The summed E-state index contributed by atoms with van der Waals surface area (Å²) < 4.78 is 7.09. The first kappa shape index (κ1) is 34.9. The summed E-state index contributed by atoms with van der Waals surface area (Å²) in [7, 11) is 0. The molecule has 0 saturated heterocycles. The topological polar surface area (TPSA) is 19.6 Å². The minimum absolute atomic E-state index is 0.0413. The van der Waals surface area contributed by atoms with Crippen molar-refractivity contribution in [1.29, 1.82) is 0 Å². The summed E-state index contributed by atoms with van der Waals surface area (Å²) in [5.74, 6) is 0. The molecule has 3 nitrogen and oxygen atoms in total. The third kappa shape index (κ3) is 4.10. The van der Waals surface area contributed by atoms with Crippen molar-refractivity contribution in [3.63, 3.8) is 0 Å². The molecule has 4 heterocycles. The van der Waals surface area contributed by atoms with Crippen molar-refractivity contribution in [2.24, 2.45) is 0 Å². The normalized spacial score (nSPS) is 17.3. The maximum atomic E-state index is 7.09. The van der Waals surface area contributed by atoms with E-state index in [1.54, 1.807) is 0 Å². The number of para-hydroxylation sites is 3. The van der Waals surface area contributed by atoms with E-state index in [0.29, 0.717) is 0 Å². The van der Waals surface area contributed by atoms with Gasteiger partial charge in [0.15, 0.2) is 5.58 Å². The van der Waals surface area contributed by atoms with Crippen LogP contribution in [0.25, 0.3) is 44.2 Å². The van der Waals surface area contributed by atoms with Gasteiger partial charge < -0.3 is 14.1 Å². The van der Waals surface area contributed by atoms with Crippen LogP contribution in [0.1, 0.15) is 79.5 Å². The van der Waals surface area contributed by atoms with Crippen molar-refractivity contribution < 1.29 is 4.42 Å². The van der Waals surface area contributed by atoms with Crippen LogP contribution in [0, 0.1) is 6.92 Å². The number of rotatable bonds is 1. The smallest absolute Gasteiger partial charge is 0.333 e. The van der Waals surface area contributed by atoms with Gasteiger partial charge in [0, 0.05) is 33.4 Å². The Bertz CT molecular complexity index is 3430. The predicted octanol–water partition coefficient (Wildman–Crippen LogP) is 13.6. The molecule has 0 bridgehead atoms. The van der Waals surface area contributed by atoms with Crippen molar-refractivity contribution in [2.45, 2.75) is 63.7 Å². The lowest BCUT2D eigenvalue weighted by Crippen LogP contribution is -2.62. The molecule has 62 heavy (non-hydrogen) atoms. The van der Waals surface area contributed by atoms with Gasteiger partial charge in [-0.2, -0.15) is 0 Å². The van der Waals surface area contributed by atoms with Gasteiger partial charge in [0.2, 0.25) is 0 Å². The van der Waals surface area contributed by atoms with Crippen molar-refractivity contribution in [2.75, 3.05) is 9.71 Å². The number of aryl methyl sites for hydroxylation is 1. The van der Waals surface area contributed by atoms with Crippen molar-refractivity contribution >= 4 is 68.1 Å². The van der Waals surface area contributed by atoms with Gasteiger partial charge in [-0.05, 0) is 134 Å². The van der Waals surface area contributed by atoms with Gasteiger partial charge in [0.25, 0.3) is 0 Å². The molecule has 0 N–H and O–H groups in total. The summed E-state index contributed by atoms with van der Waals surface area (Å²) in [4.78, 5) is 5.33. The first-order valence-corrected chi connectivity index (χ1v) is 22.4. The zero-order valence-corrected chi connectivity index (χ0v) is 35.8. The van der Waals surface area contributed by atoms with Gasteiger partial charge in [-0.1, -0.05) is 149 Å². The maximum Gasteiger partial charge on any atom is 0.333 e. The van der Waals surface area contributed by atoms with E-state index in [9.17, 15) is 0 Å². The number of nitrogens with zero attached hydrogens (tertiary/aromatic N) is 2. The molecule has 1 aromatic heterocycles. The molecule has 0 fully saturated rings. The molecule has 0 unspecified atom stereocenters. The number of furan rings is 1. The Morgan fingerprint density at radius 1 is 0.500 bits per heavy atom. The standard InChI is InChI=1S/C58H45BN2O/c1-34-31-41-39-26-27-40-38-17-8-13-24-51(38)62-55(40)53(39)61(35-25-28-44-47(33-35)57(4,5)30-29-56(44,2)3)59-48-22-14-21-46-54(48)60(50(32-34)52(41)59)49-23-12-11-20-45(49)58(46)42-18-9-6-15-36(42)37-16-7-10-19-43(37)58/h6-28,31-33H,29-30H2,1-5H3. The third-order valence-electron chi connectivity index (χ3n) is 15.7. The Kier molecular flexibility index (Phi) is 6.51. The van der Waals surface area contributed by atoms with Crippen LogP contribution < -0.4 is 20.6 Å². The Labute approximate surface area is 363 Å². The van der Waals surface area contributed by atoms with Crippen molar-refractivity contribution in [1.82, 2.24) is 0 Å². The fourth-order valence-corrected chi connectivity index (χ4v) is 12.9. The summed E-state index contributed by atoms with van der Waals surface area (Å²) in [6.45, 7) is 11.9. The van der Waals surface area contributed by atoms with Gasteiger partial charge in [-0.3, -0.25) is 0 Å². The highest BCUT2D eigenvalue weighted by Gasteiger charge is 2.56. The lowest BCUT2D eigenvalue weighted by atomic mass is 9.42. The number of fused-ring (bicyclic) bond motifs is 18. The average molecular weight is 797 g/mol. The van der Waals surface area contributed by atoms with Gasteiger partial charge in [0.05, 0.1) is 16.8 Å². The highest BCUT2D eigenvalue weighted by atomic mass is 16.3. The predicted molar refractivity (Wildman–Crippen MR) is 258 cm³/mol. The van der Waals surface area contributed by atoms with E-state index in [-0.39, 0.29) is 17.7 Å². The molecule has 2 aliphatic carbocycles. The van der Waals surface area contributed by atoms with Crippen LogP contribution in [0.4, 0.5) is 28.4 Å². The van der Waals surface area contributed by atoms with Crippen LogP contribution in [0.15, 0.2) is 162 Å². The minimum Gasteiger partial charge on any atom is -0.454 e. The quantitative estimate of drug-likeness (QED) is 0.154. The number of anilines is 5. The van der Waals surface area contributed by atoms with E-state index in [0.717, 1.165) is 34.0 Å². The lowest BCUT2D eigenvalue weighted by molar-refractivity contribution is 0.332. The van der Waals surface area contributed by atoms with Crippen LogP contribution in [-0.2, 0) is 16.2 Å². The fraction of sp³-hybridized carbons (Fsp3) is 0.172. The van der Waals surface area contributed by atoms with Crippen LogP contribution in [-0.4, -0.2) is 6.85 Å². The van der Waals surface area contributed by atoms with E-state index < -0.39 is 5.41 Å². The SMILES string of the molecule is Cc1cc2c3c(c1)N1c4ccccc4C4(c5ccccc5-c5ccccc54)c4cccc(c41)B3N(c1ccc3c(c1)C(C)(C)CCC3(C)C)c1c-2ccc2c1oc1ccccc12. The molecule has 0 amide bonds. The first-order valence-electron chi connectivity index (χ1n) is 22.4. The van der Waals surface area contributed by atoms with E-state index in [4.69, 9.17) is 4.42 Å². The summed E-state index contributed by atoms with van der Waals surface area (Å²) in [5, 5.41) is 2.30. The van der Waals surface area contributed by atoms with E-state index >= 15 is 0 Å². The van der Waals surface area contributed by atoms with Crippen molar-refractivity contribution in [3.05, 3.63) is 197 Å². The van der Waals surface area contributed by atoms with E-state index in [1.165, 1.54) is 101 Å². The zero-order valence-electron chi connectivity index (χ0n) is 35.8. The van der Waals surface area contributed by atoms with Gasteiger partial charge in [-0.15, -0.1) is 0 Å². The van der Waals surface area contributed by atoms with E-state index in [1.807, 2.05) is 0 Å². The van der Waals surface area contributed by atoms with Crippen LogP contribution in [0.5, 0.6) is 0 Å². The second-order valence-corrected chi connectivity index (χ2v) is 19.9. The molecule has 14 rings (SSSR count). The molecule has 8 aromatic carbocycles. The van der Waals surface area contributed by atoms with Crippen LogP contribution >= 0.6 is 0 Å². The molecule has 0 radical (unpaired) electrons. The maximum absolute atomic E-state index is 7.09. The number of hydrogen-bond donors (Lipinski definition) is 0. The lowest BCUT2D eigenvalue weighted by Gasteiger charge is -2.51. The largest absolute Gasteiger partial charge is 0.454 e. The highest BCUT2D eigenvalue weighted by molar-refractivity contribution is 6.94. The minimum atomic E-state index is -0.499. The molecule has 3 aliphatic heterocycles.